The van der Waals surface area contributed by atoms with E-state index in [0.717, 1.165) is 11.1 Å². The number of hydrogen-bond donors (Lipinski definition) is 0. The third-order valence-electron chi connectivity index (χ3n) is 4.42. The van der Waals surface area contributed by atoms with Crippen molar-refractivity contribution >= 4 is 17.3 Å². The molecule has 0 bridgehead atoms. The molecule has 0 atom stereocenters. The van der Waals surface area contributed by atoms with E-state index in [2.05, 4.69) is 0 Å². The molecular weight excluding hydrogens is 327 g/mol. The first kappa shape index (κ1) is 16.9. The number of nitrogens with zero attached hydrogens (tertiary/aromatic N) is 2. The van der Waals surface area contributed by atoms with Crippen LogP contribution in [0.1, 0.15) is 27.0 Å². The number of esters is 1. The zero-order chi connectivity index (χ0) is 18.1. The van der Waals surface area contributed by atoms with Crippen molar-refractivity contribution in [2.75, 3.05) is 18.6 Å². The number of nitro groups is 1. The van der Waals surface area contributed by atoms with Crippen LogP contribution in [-0.2, 0) is 17.7 Å². The first-order valence-electron chi connectivity index (χ1n) is 7.80. The Balaban J connectivity index is 2.01. The van der Waals surface area contributed by atoms with Crippen LogP contribution in [0, 0.1) is 22.9 Å². The molecule has 0 saturated carbocycles. The second-order valence-electron chi connectivity index (χ2n) is 5.99. The lowest BCUT2D eigenvalue weighted by Gasteiger charge is -2.31. The lowest BCUT2D eigenvalue weighted by molar-refractivity contribution is -0.385. The highest BCUT2D eigenvalue weighted by molar-refractivity contribution is 5.96. The summed E-state index contributed by atoms with van der Waals surface area (Å²) in [6.45, 7) is 2.78. The van der Waals surface area contributed by atoms with E-state index < -0.39 is 10.9 Å². The minimum absolute atomic E-state index is 0.0626. The van der Waals surface area contributed by atoms with Crippen LogP contribution in [0.2, 0.25) is 0 Å². The molecule has 1 heterocycles. The maximum absolute atomic E-state index is 13.3. The van der Waals surface area contributed by atoms with E-state index in [1.807, 2.05) is 4.90 Å². The third-order valence-corrected chi connectivity index (χ3v) is 4.42. The first-order valence-corrected chi connectivity index (χ1v) is 7.80. The molecule has 0 amide bonds. The van der Waals surface area contributed by atoms with Gasteiger partial charge in [0.15, 0.2) is 0 Å². The van der Waals surface area contributed by atoms with Gasteiger partial charge >= 0.3 is 5.97 Å². The molecule has 3 rings (SSSR count). The van der Waals surface area contributed by atoms with Crippen molar-refractivity contribution in [1.29, 1.82) is 0 Å². The number of carbonyl (C=O) groups is 1. The summed E-state index contributed by atoms with van der Waals surface area (Å²) in [5.41, 5.74) is 2.76. The van der Waals surface area contributed by atoms with E-state index in [4.69, 9.17) is 4.74 Å². The van der Waals surface area contributed by atoms with E-state index in [1.54, 1.807) is 19.1 Å². The lowest BCUT2D eigenvalue weighted by atomic mass is 9.98. The molecule has 130 valence electrons. The van der Waals surface area contributed by atoms with Gasteiger partial charge in [0.2, 0.25) is 0 Å². The molecule has 2 aromatic carbocycles. The highest BCUT2D eigenvalue weighted by atomic mass is 19.1. The molecule has 1 aliphatic heterocycles. The summed E-state index contributed by atoms with van der Waals surface area (Å²) in [6, 6.07) is 7.89. The van der Waals surface area contributed by atoms with E-state index in [0.29, 0.717) is 30.8 Å². The Kier molecular flexibility index (Phi) is 4.39. The van der Waals surface area contributed by atoms with E-state index in [1.165, 1.54) is 25.3 Å². The van der Waals surface area contributed by atoms with Crippen LogP contribution in [0.3, 0.4) is 0 Å². The van der Waals surface area contributed by atoms with Crippen LogP contribution in [0.5, 0.6) is 0 Å². The number of nitro benzene ring substituents is 1. The molecule has 0 saturated heterocycles. The molecule has 0 aliphatic carbocycles. The topological polar surface area (TPSA) is 72.7 Å². The quantitative estimate of drug-likeness (QED) is 0.485. The number of benzene rings is 2. The molecule has 0 unspecified atom stereocenters. The zero-order valence-corrected chi connectivity index (χ0v) is 13.9. The largest absolute Gasteiger partial charge is 0.465 e. The molecule has 2 aromatic rings. The molecular formula is C18H17FN2O4. The normalized spacial score (nSPS) is 13.3. The van der Waals surface area contributed by atoms with Crippen LogP contribution in [0.25, 0.3) is 0 Å². The summed E-state index contributed by atoms with van der Waals surface area (Å²) in [4.78, 5) is 24.7. The van der Waals surface area contributed by atoms with Crippen LogP contribution >= 0.6 is 0 Å². The zero-order valence-electron chi connectivity index (χ0n) is 13.9. The summed E-state index contributed by atoms with van der Waals surface area (Å²) in [6.07, 6.45) is 0.663. The number of anilines is 1. The molecule has 25 heavy (non-hydrogen) atoms. The number of rotatable bonds is 3. The predicted octanol–water partition coefficient (Wildman–Crippen LogP) is 3.39. The number of hydrogen-bond acceptors (Lipinski definition) is 5. The molecule has 1 aliphatic rings. The summed E-state index contributed by atoms with van der Waals surface area (Å²) < 4.78 is 18.0. The Labute approximate surface area is 144 Å². The fourth-order valence-corrected chi connectivity index (χ4v) is 3.19. The fraction of sp³-hybridized carbons (Fsp3) is 0.278. The van der Waals surface area contributed by atoms with Crippen LogP contribution in [-0.4, -0.2) is 24.5 Å². The van der Waals surface area contributed by atoms with Gasteiger partial charge in [-0.2, -0.15) is 0 Å². The molecule has 0 N–H and O–H groups in total. The molecule has 0 aromatic heterocycles. The number of fused-ring (bicyclic) bond motifs is 1. The van der Waals surface area contributed by atoms with Crippen molar-refractivity contribution in [3.8, 4) is 0 Å². The summed E-state index contributed by atoms with van der Waals surface area (Å²) in [5, 5.41) is 11.3. The number of halogens is 1. The fourth-order valence-electron chi connectivity index (χ4n) is 3.19. The minimum Gasteiger partial charge on any atom is -0.465 e. The summed E-state index contributed by atoms with van der Waals surface area (Å²) in [7, 11) is 1.19. The maximum atomic E-state index is 13.3. The molecule has 6 nitrogen and oxygen atoms in total. The second-order valence-corrected chi connectivity index (χ2v) is 5.99. The van der Waals surface area contributed by atoms with Gasteiger partial charge in [0, 0.05) is 24.3 Å². The third kappa shape index (κ3) is 3.17. The molecule has 0 spiro atoms. The number of methoxy groups -OCH3 is 1. The highest BCUT2D eigenvalue weighted by Crippen LogP contribution is 2.32. The average Bonchev–Trinajstić information content (AvgIpc) is 2.59. The molecule has 0 radical (unpaired) electrons. The maximum Gasteiger partial charge on any atom is 0.344 e. The van der Waals surface area contributed by atoms with Crippen molar-refractivity contribution in [1.82, 2.24) is 0 Å². The number of carbonyl (C=O) groups excluding carboxylic acids is 1. The Bertz CT molecular complexity index is 866. The van der Waals surface area contributed by atoms with Gasteiger partial charge in [-0.1, -0.05) is 6.07 Å². The Morgan fingerprint density at radius 1 is 1.28 bits per heavy atom. The van der Waals surface area contributed by atoms with Gasteiger partial charge in [0.25, 0.3) is 5.69 Å². The highest BCUT2D eigenvalue weighted by Gasteiger charge is 2.27. The summed E-state index contributed by atoms with van der Waals surface area (Å²) in [5.74, 6) is -0.998. The molecule has 7 heteroatoms. The van der Waals surface area contributed by atoms with E-state index >= 15 is 0 Å². The van der Waals surface area contributed by atoms with Crippen molar-refractivity contribution < 1.29 is 18.8 Å². The van der Waals surface area contributed by atoms with Gasteiger partial charge in [-0.3, -0.25) is 10.1 Å². The van der Waals surface area contributed by atoms with Crippen LogP contribution in [0.4, 0.5) is 15.8 Å². The average molecular weight is 344 g/mol. The van der Waals surface area contributed by atoms with E-state index in [9.17, 15) is 19.3 Å². The molecule has 0 fully saturated rings. The number of aryl methyl sites for hydroxylation is 1. The Morgan fingerprint density at radius 3 is 2.72 bits per heavy atom. The van der Waals surface area contributed by atoms with Gasteiger partial charge in [-0.15, -0.1) is 0 Å². The van der Waals surface area contributed by atoms with Gasteiger partial charge in [0.1, 0.15) is 11.4 Å². The van der Waals surface area contributed by atoms with Crippen molar-refractivity contribution in [3.63, 3.8) is 0 Å². The Hall–Kier alpha value is -2.96. The summed E-state index contributed by atoms with van der Waals surface area (Å²) >= 11 is 0. The predicted molar refractivity (Wildman–Crippen MR) is 90.3 cm³/mol. The smallest absolute Gasteiger partial charge is 0.344 e. The SMILES string of the molecule is COC(=O)c1cc(N2CCc3cc(F)ccc3C2)cc(C)c1[N+](=O)[O-]. The van der Waals surface area contributed by atoms with Crippen molar-refractivity contribution in [2.45, 2.75) is 19.9 Å². The number of ether oxygens (including phenoxy) is 1. The lowest BCUT2D eigenvalue weighted by Crippen LogP contribution is -2.30. The monoisotopic (exact) mass is 344 g/mol. The first-order chi connectivity index (χ1) is 11.9. The van der Waals surface area contributed by atoms with Crippen LogP contribution in [0.15, 0.2) is 30.3 Å². The Morgan fingerprint density at radius 2 is 2.04 bits per heavy atom. The van der Waals surface area contributed by atoms with Crippen LogP contribution < -0.4 is 4.90 Å². The standard InChI is InChI=1S/C18H17FN2O4/c1-11-7-15(9-16(18(22)25-2)17(11)21(23)24)20-6-5-12-8-14(19)4-3-13(12)10-20/h3-4,7-9H,5-6,10H2,1-2H3. The minimum atomic E-state index is -0.740. The van der Waals surface area contributed by atoms with Gasteiger partial charge in [0.05, 0.1) is 12.0 Å². The van der Waals surface area contributed by atoms with Crippen molar-refractivity contribution in [2.24, 2.45) is 0 Å². The van der Waals surface area contributed by atoms with Gasteiger partial charge in [-0.05, 0) is 48.7 Å². The van der Waals surface area contributed by atoms with Gasteiger partial charge < -0.3 is 9.64 Å². The second kappa shape index (κ2) is 6.51. The van der Waals surface area contributed by atoms with E-state index in [-0.39, 0.29) is 17.1 Å². The van der Waals surface area contributed by atoms with Gasteiger partial charge in [-0.25, -0.2) is 9.18 Å². The van der Waals surface area contributed by atoms with Crippen molar-refractivity contribution in [3.05, 3.63) is 68.5 Å².